The van der Waals surface area contributed by atoms with E-state index in [0.717, 1.165) is 45.6 Å². The summed E-state index contributed by atoms with van der Waals surface area (Å²) in [7, 11) is 0. The maximum absolute atomic E-state index is 12.7. The molecule has 4 rings (SSSR count). The highest BCUT2D eigenvalue weighted by Gasteiger charge is 2.14. The van der Waals surface area contributed by atoms with Gasteiger partial charge in [-0.25, -0.2) is 4.98 Å². The van der Waals surface area contributed by atoms with E-state index in [1.165, 1.54) is 0 Å². The second-order valence-electron chi connectivity index (χ2n) is 6.71. The maximum Gasteiger partial charge on any atom is 0.269 e. The summed E-state index contributed by atoms with van der Waals surface area (Å²) in [5.74, 6) is -0.115. The molecule has 0 saturated heterocycles. The van der Waals surface area contributed by atoms with Crippen molar-refractivity contribution in [3.63, 3.8) is 0 Å². The molecular formula is C24H22N2O. The fraction of sp³-hybridized carbons (Fsp3) is 0.167. The van der Waals surface area contributed by atoms with Crippen molar-refractivity contribution in [1.82, 2.24) is 10.3 Å². The number of benzene rings is 3. The summed E-state index contributed by atoms with van der Waals surface area (Å²) < 4.78 is 0. The Bertz CT molecular complexity index is 1100. The second-order valence-corrected chi connectivity index (χ2v) is 6.71. The lowest BCUT2D eigenvalue weighted by molar-refractivity contribution is 0.0948. The van der Waals surface area contributed by atoms with E-state index in [1.807, 2.05) is 48.5 Å². The van der Waals surface area contributed by atoms with Gasteiger partial charge in [-0.2, -0.15) is 0 Å². The lowest BCUT2D eigenvalue weighted by Crippen LogP contribution is -2.25. The van der Waals surface area contributed by atoms with Crippen LogP contribution in [0.1, 0.15) is 30.3 Å². The number of carbonyl (C=O) groups is 1. The number of amides is 1. The summed E-state index contributed by atoms with van der Waals surface area (Å²) in [5.41, 5.74) is 2.33. The van der Waals surface area contributed by atoms with Gasteiger partial charge in [-0.3, -0.25) is 4.79 Å². The molecule has 3 aromatic carbocycles. The van der Waals surface area contributed by atoms with Gasteiger partial charge in [-0.05, 0) is 28.6 Å². The summed E-state index contributed by atoms with van der Waals surface area (Å²) >= 11 is 0. The normalized spacial score (nSPS) is 11.0. The molecule has 3 nitrogen and oxygen atoms in total. The highest BCUT2D eigenvalue weighted by molar-refractivity contribution is 6.13. The van der Waals surface area contributed by atoms with Crippen LogP contribution >= 0.6 is 0 Å². The predicted molar refractivity (Wildman–Crippen MR) is 112 cm³/mol. The Hall–Kier alpha value is -3.20. The molecule has 1 heterocycles. The van der Waals surface area contributed by atoms with Gasteiger partial charge >= 0.3 is 0 Å². The molecule has 0 saturated carbocycles. The van der Waals surface area contributed by atoms with Crippen molar-refractivity contribution in [2.24, 2.45) is 0 Å². The number of pyridine rings is 1. The first-order valence-corrected chi connectivity index (χ1v) is 9.44. The van der Waals surface area contributed by atoms with Crippen LogP contribution in [0, 0.1) is 0 Å². The molecule has 3 heteroatoms. The van der Waals surface area contributed by atoms with Gasteiger partial charge < -0.3 is 5.32 Å². The summed E-state index contributed by atoms with van der Waals surface area (Å²) in [6.07, 6.45) is 2.01. The van der Waals surface area contributed by atoms with Gasteiger partial charge in [0.05, 0.1) is 5.69 Å². The topological polar surface area (TPSA) is 42.0 Å². The summed E-state index contributed by atoms with van der Waals surface area (Å²) in [4.78, 5) is 17.5. The van der Waals surface area contributed by atoms with E-state index in [4.69, 9.17) is 4.98 Å². The van der Waals surface area contributed by atoms with Crippen LogP contribution in [0.2, 0.25) is 0 Å². The van der Waals surface area contributed by atoms with Crippen molar-refractivity contribution in [3.05, 3.63) is 78.5 Å². The molecule has 0 unspecified atom stereocenters. The van der Waals surface area contributed by atoms with Gasteiger partial charge in [-0.15, -0.1) is 0 Å². The van der Waals surface area contributed by atoms with E-state index >= 15 is 0 Å². The van der Waals surface area contributed by atoms with Crippen LogP contribution in [0.3, 0.4) is 0 Å². The molecule has 27 heavy (non-hydrogen) atoms. The van der Waals surface area contributed by atoms with Gasteiger partial charge in [0, 0.05) is 17.5 Å². The zero-order chi connectivity index (χ0) is 18.6. The average Bonchev–Trinajstić information content (AvgIpc) is 2.73. The van der Waals surface area contributed by atoms with Crippen LogP contribution in [0.15, 0.2) is 72.8 Å². The minimum atomic E-state index is -0.115. The van der Waals surface area contributed by atoms with Crippen LogP contribution < -0.4 is 5.32 Å². The third-order valence-electron chi connectivity index (χ3n) is 4.83. The lowest BCUT2D eigenvalue weighted by atomic mass is 9.98. The highest BCUT2D eigenvalue weighted by Crippen LogP contribution is 2.32. The second kappa shape index (κ2) is 7.58. The van der Waals surface area contributed by atoms with Crippen molar-refractivity contribution in [1.29, 1.82) is 0 Å². The van der Waals surface area contributed by atoms with Crippen LogP contribution in [-0.4, -0.2) is 17.4 Å². The van der Waals surface area contributed by atoms with E-state index in [1.54, 1.807) is 0 Å². The molecule has 134 valence electrons. The van der Waals surface area contributed by atoms with Crippen molar-refractivity contribution in [2.75, 3.05) is 6.54 Å². The molecule has 1 amide bonds. The smallest absolute Gasteiger partial charge is 0.269 e. The maximum atomic E-state index is 12.7. The van der Waals surface area contributed by atoms with Gasteiger partial charge in [0.15, 0.2) is 0 Å². The standard InChI is InChI=1S/C24H22N2O/c1-2-3-15-25-24(27)22-16-21-19-12-8-7-9-17(19)13-14-20(21)23(26-22)18-10-5-4-6-11-18/h4-14,16H,2-3,15H2,1H3,(H,25,27). The monoisotopic (exact) mass is 354 g/mol. The SMILES string of the molecule is CCCCNC(=O)c1cc2c(ccc3ccccc32)c(-c2ccccc2)n1. The Balaban J connectivity index is 1.94. The number of unbranched alkanes of at least 4 members (excludes halogenated alkanes) is 1. The van der Waals surface area contributed by atoms with Crippen molar-refractivity contribution in [2.45, 2.75) is 19.8 Å². The van der Waals surface area contributed by atoms with Gasteiger partial charge in [0.2, 0.25) is 0 Å². The Labute approximate surface area is 159 Å². The minimum Gasteiger partial charge on any atom is -0.351 e. The quantitative estimate of drug-likeness (QED) is 0.375. The van der Waals surface area contributed by atoms with Crippen LogP contribution in [-0.2, 0) is 0 Å². The minimum absolute atomic E-state index is 0.115. The number of rotatable bonds is 5. The Morgan fingerprint density at radius 3 is 2.48 bits per heavy atom. The first kappa shape index (κ1) is 17.2. The number of aromatic nitrogens is 1. The molecule has 0 atom stereocenters. The number of carbonyl (C=O) groups excluding carboxylic acids is 1. The summed E-state index contributed by atoms with van der Waals surface area (Å²) in [6, 6.07) is 24.5. The molecule has 1 N–H and O–H groups in total. The zero-order valence-electron chi connectivity index (χ0n) is 15.4. The molecule has 0 radical (unpaired) electrons. The number of hydrogen-bond donors (Lipinski definition) is 1. The van der Waals surface area contributed by atoms with Gasteiger partial charge in [-0.1, -0.05) is 80.1 Å². The molecule has 0 aliphatic heterocycles. The summed E-state index contributed by atoms with van der Waals surface area (Å²) in [6.45, 7) is 2.78. The van der Waals surface area contributed by atoms with E-state index in [0.29, 0.717) is 12.2 Å². The number of nitrogens with zero attached hydrogens (tertiary/aromatic N) is 1. The van der Waals surface area contributed by atoms with Crippen molar-refractivity contribution < 1.29 is 4.79 Å². The zero-order valence-corrected chi connectivity index (χ0v) is 15.4. The van der Waals surface area contributed by atoms with E-state index < -0.39 is 0 Å². The van der Waals surface area contributed by atoms with E-state index in [2.05, 4.69) is 36.5 Å². The number of nitrogens with one attached hydrogen (secondary N) is 1. The van der Waals surface area contributed by atoms with Crippen LogP contribution in [0.25, 0.3) is 32.8 Å². The molecule has 1 aromatic heterocycles. The van der Waals surface area contributed by atoms with Gasteiger partial charge in [0.1, 0.15) is 5.69 Å². The summed E-state index contributed by atoms with van der Waals surface area (Å²) in [5, 5.41) is 7.40. The average molecular weight is 354 g/mol. The third-order valence-corrected chi connectivity index (χ3v) is 4.83. The van der Waals surface area contributed by atoms with Crippen molar-refractivity contribution >= 4 is 27.5 Å². The Kier molecular flexibility index (Phi) is 4.84. The fourth-order valence-corrected chi connectivity index (χ4v) is 3.41. The van der Waals surface area contributed by atoms with E-state index in [-0.39, 0.29) is 5.91 Å². The Morgan fingerprint density at radius 2 is 1.67 bits per heavy atom. The Morgan fingerprint density at radius 1 is 0.889 bits per heavy atom. The van der Waals surface area contributed by atoms with Crippen molar-refractivity contribution in [3.8, 4) is 11.3 Å². The molecule has 4 aromatic rings. The lowest BCUT2D eigenvalue weighted by Gasteiger charge is -2.12. The van der Waals surface area contributed by atoms with E-state index in [9.17, 15) is 4.79 Å². The molecule has 0 fully saturated rings. The van der Waals surface area contributed by atoms with Crippen LogP contribution in [0.4, 0.5) is 0 Å². The highest BCUT2D eigenvalue weighted by atomic mass is 16.1. The third kappa shape index (κ3) is 3.41. The number of fused-ring (bicyclic) bond motifs is 3. The first-order valence-electron chi connectivity index (χ1n) is 9.44. The fourth-order valence-electron chi connectivity index (χ4n) is 3.41. The number of hydrogen-bond acceptors (Lipinski definition) is 2. The van der Waals surface area contributed by atoms with Gasteiger partial charge in [0.25, 0.3) is 5.91 Å². The first-order chi connectivity index (χ1) is 13.3. The molecule has 0 spiro atoms. The van der Waals surface area contributed by atoms with Crippen LogP contribution in [0.5, 0.6) is 0 Å². The molecular weight excluding hydrogens is 332 g/mol. The molecule has 0 bridgehead atoms. The molecule has 0 aliphatic rings. The predicted octanol–water partition coefficient (Wildman–Crippen LogP) is 5.58. The largest absolute Gasteiger partial charge is 0.351 e. The molecule has 0 aliphatic carbocycles.